The molecule has 0 atom stereocenters. The Bertz CT molecular complexity index is 526. The Balaban J connectivity index is 2.95. The van der Waals surface area contributed by atoms with Crippen LogP contribution in [0.5, 0.6) is 5.75 Å². The highest BCUT2D eigenvalue weighted by molar-refractivity contribution is 9.10. The minimum Gasteiger partial charge on any atom is -0.492 e. The van der Waals surface area contributed by atoms with Gasteiger partial charge in [-0.1, -0.05) is 21.5 Å². The maximum absolute atomic E-state index is 11.3. The Morgan fingerprint density at radius 2 is 2.18 bits per heavy atom. The molecule has 0 bridgehead atoms. The molecule has 0 aliphatic heterocycles. The van der Waals surface area contributed by atoms with Gasteiger partial charge in [0.1, 0.15) is 10.6 Å². The van der Waals surface area contributed by atoms with Gasteiger partial charge in [0.05, 0.1) is 6.61 Å². The lowest BCUT2D eigenvalue weighted by Crippen LogP contribution is -2.02. The molecule has 1 aromatic carbocycles. The largest absolute Gasteiger partial charge is 0.492 e. The summed E-state index contributed by atoms with van der Waals surface area (Å²) >= 11 is 3.19. The smallest absolute Gasteiger partial charge is 0.265 e. The lowest BCUT2D eigenvalue weighted by molar-refractivity contribution is 0.313. The quantitative estimate of drug-likeness (QED) is 0.606. The highest BCUT2D eigenvalue weighted by Crippen LogP contribution is 2.30. The molecule has 94 valence electrons. The summed E-state index contributed by atoms with van der Waals surface area (Å²) in [5.74, 6) is 0.254. The molecule has 0 N–H and O–H groups in total. The first-order valence-electron chi connectivity index (χ1n) is 4.82. The SMILES string of the molecule is C=C(C)CCOc1ccc(Br)cc1S(=O)(=O)Cl. The van der Waals surface area contributed by atoms with Crippen molar-refractivity contribution < 1.29 is 13.2 Å². The van der Waals surface area contributed by atoms with E-state index in [9.17, 15) is 8.42 Å². The van der Waals surface area contributed by atoms with Crippen molar-refractivity contribution in [3.05, 3.63) is 34.8 Å². The second-order valence-electron chi connectivity index (χ2n) is 3.58. The van der Waals surface area contributed by atoms with Gasteiger partial charge in [0.15, 0.2) is 0 Å². The molecule has 17 heavy (non-hydrogen) atoms. The van der Waals surface area contributed by atoms with Gasteiger partial charge < -0.3 is 4.74 Å². The number of rotatable bonds is 5. The first kappa shape index (κ1) is 14.5. The van der Waals surface area contributed by atoms with Crippen LogP contribution in [0.2, 0.25) is 0 Å². The van der Waals surface area contributed by atoms with E-state index >= 15 is 0 Å². The van der Waals surface area contributed by atoms with Gasteiger partial charge in [-0.3, -0.25) is 0 Å². The average Bonchev–Trinajstić information content (AvgIpc) is 2.18. The summed E-state index contributed by atoms with van der Waals surface area (Å²) in [4.78, 5) is -0.0322. The third-order valence-electron chi connectivity index (χ3n) is 1.95. The Kier molecular flexibility index (Phi) is 5.04. The Labute approximate surface area is 114 Å². The molecular formula is C11H12BrClO3S. The first-order valence-corrected chi connectivity index (χ1v) is 7.92. The Hall–Kier alpha value is -0.520. The van der Waals surface area contributed by atoms with Crippen molar-refractivity contribution in [1.29, 1.82) is 0 Å². The highest BCUT2D eigenvalue weighted by atomic mass is 79.9. The molecule has 0 spiro atoms. The highest BCUT2D eigenvalue weighted by Gasteiger charge is 2.17. The second-order valence-corrected chi connectivity index (χ2v) is 7.03. The Morgan fingerprint density at radius 3 is 2.71 bits per heavy atom. The molecule has 0 heterocycles. The molecule has 0 aliphatic carbocycles. The van der Waals surface area contributed by atoms with Gasteiger partial charge in [-0.2, -0.15) is 0 Å². The summed E-state index contributed by atoms with van der Waals surface area (Å²) in [5, 5.41) is 0. The number of benzene rings is 1. The van der Waals surface area contributed by atoms with Crippen molar-refractivity contribution >= 4 is 35.7 Å². The van der Waals surface area contributed by atoms with Gasteiger partial charge >= 0.3 is 0 Å². The van der Waals surface area contributed by atoms with Gasteiger partial charge in [0, 0.05) is 21.6 Å². The number of hydrogen-bond acceptors (Lipinski definition) is 3. The molecular weight excluding hydrogens is 328 g/mol. The van der Waals surface area contributed by atoms with E-state index < -0.39 is 9.05 Å². The van der Waals surface area contributed by atoms with Crippen molar-refractivity contribution in [3.63, 3.8) is 0 Å². The monoisotopic (exact) mass is 338 g/mol. The van der Waals surface area contributed by atoms with Crippen LogP contribution in [0.4, 0.5) is 0 Å². The van der Waals surface area contributed by atoms with Crippen LogP contribution in [0.1, 0.15) is 13.3 Å². The van der Waals surface area contributed by atoms with Crippen LogP contribution in [0.15, 0.2) is 39.7 Å². The van der Waals surface area contributed by atoms with E-state index in [1.807, 2.05) is 6.92 Å². The molecule has 0 saturated carbocycles. The summed E-state index contributed by atoms with van der Waals surface area (Å²) in [5.41, 5.74) is 0.970. The lowest BCUT2D eigenvalue weighted by Gasteiger charge is -2.09. The van der Waals surface area contributed by atoms with E-state index in [4.69, 9.17) is 15.4 Å². The fourth-order valence-electron chi connectivity index (χ4n) is 1.13. The van der Waals surface area contributed by atoms with Crippen LogP contribution in [-0.2, 0) is 9.05 Å². The lowest BCUT2D eigenvalue weighted by atomic mass is 10.2. The van der Waals surface area contributed by atoms with Crippen LogP contribution in [-0.4, -0.2) is 15.0 Å². The maximum atomic E-state index is 11.3. The summed E-state index contributed by atoms with van der Waals surface area (Å²) in [6.45, 7) is 5.99. The fourth-order valence-corrected chi connectivity index (χ4v) is 2.64. The van der Waals surface area contributed by atoms with Gasteiger partial charge in [-0.05, 0) is 25.1 Å². The minimum absolute atomic E-state index is 0.0322. The minimum atomic E-state index is -3.81. The predicted molar refractivity (Wildman–Crippen MR) is 72.1 cm³/mol. The van der Waals surface area contributed by atoms with E-state index in [0.717, 1.165) is 5.57 Å². The standard InChI is InChI=1S/C11H12BrClO3S/c1-8(2)5-6-16-10-4-3-9(12)7-11(10)17(13,14)15/h3-4,7H,1,5-6H2,2H3. The van der Waals surface area contributed by atoms with Crippen LogP contribution in [0, 0.1) is 0 Å². The topological polar surface area (TPSA) is 43.4 Å². The molecule has 1 aromatic rings. The van der Waals surface area contributed by atoms with E-state index in [1.165, 1.54) is 6.07 Å². The zero-order valence-corrected chi connectivity index (χ0v) is 12.4. The normalized spacial score (nSPS) is 11.2. The molecule has 0 aliphatic rings. The number of ether oxygens (including phenoxy) is 1. The van der Waals surface area contributed by atoms with Gasteiger partial charge in [-0.15, -0.1) is 6.58 Å². The molecule has 0 radical (unpaired) electrons. The third kappa shape index (κ3) is 4.69. The van der Waals surface area contributed by atoms with Crippen molar-refractivity contribution in [2.24, 2.45) is 0 Å². The number of halogens is 2. The summed E-state index contributed by atoms with van der Waals surface area (Å²) in [6.07, 6.45) is 0.665. The van der Waals surface area contributed by atoms with E-state index in [2.05, 4.69) is 22.5 Å². The van der Waals surface area contributed by atoms with Crippen LogP contribution in [0.3, 0.4) is 0 Å². The van der Waals surface area contributed by atoms with E-state index in [1.54, 1.807) is 12.1 Å². The summed E-state index contributed by atoms with van der Waals surface area (Å²) < 4.78 is 28.7. The second kappa shape index (κ2) is 5.89. The fraction of sp³-hybridized carbons (Fsp3) is 0.273. The van der Waals surface area contributed by atoms with Crippen LogP contribution < -0.4 is 4.74 Å². The van der Waals surface area contributed by atoms with Gasteiger partial charge in [-0.25, -0.2) is 8.42 Å². The van der Waals surface area contributed by atoms with Crippen molar-refractivity contribution in [1.82, 2.24) is 0 Å². The summed E-state index contributed by atoms with van der Waals surface area (Å²) in [7, 11) is 1.52. The van der Waals surface area contributed by atoms with Crippen molar-refractivity contribution in [3.8, 4) is 5.75 Å². The Morgan fingerprint density at radius 1 is 1.53 bits per heavy atom. The molecule has 0 fully saturated rings. The molecule has 3 nitrogen and oxygen atoms in total. The third-order valence-corrected chi connectivity index (χ3v) is 3.79. The maximum Gasteiger partial charge on any atom is 0.265 e. The molecule has 0 aromatic heterocycles. The molecule has 1 rings (SSSR count). The van der Waals surface area contributed by atoms with Crippen molar-refractivity contribution in [2.75, 3.05) is 6.61 Å². The van der Waals surface area contributed by atoms with E-state index in [-0.39, 0.29) is 10.6 Å². The average molecular weight is 340 g/mol. The zero-order chi connectivity index (χ0) is 13.1. The van der Waals surface area contributed by atoms with E-state index in [0.29, 0.717) is 17.5 Å². The molecule has 0 unspecified atom stereocenters. The number of hydrogen-bond donors (Lipinski definition) is 0. The van der Waals surface area contributed by atoms with Crippen LogP contribution in [0.25, 0.3) is 0 Å². The van der Waals surface area contributed by atoms with Gasteiger partial charge in [0.2, 0.25) is 0 Å². The van der Waals surface area contributed by atoms with Crippen LogP contribution >= 0.6 is 26.6 Å². The molecule has 0 amide bonds. The first-order chi connectivity index (χ1) is 7.80. The molecule has 0 saturated heterocycles. The predicted octanol–water partition coefficient (Wildman–Crippen LogP) is 3.72. The van der Waals surface area contributed by atoms with Gasteiger partial charge in [0.25, 0.3) is 9.05 Å². The zero-order valence-electron chi connectivity index (χ0n) is 9.24. The summed E-state index contributed by atoms with van der Waals surface area (Å²) in [6, 6.07) is 4.68. The molecule has 6 heteroatoms. The van der Waals surface area contributed by atoms with Crippen molar-refractivity contribution in [2.45, 2.75) is 18.2 Å².